The lowest BCUT2D eigenvalue weighted by molar-refractivity contribution is 0.141. The maximum absolute atomic E-state index is 6.28. The van der Waals surface area contributed by atoms with Crippen molar-refractivity contribution in [1.29, 1.82) is 0 Å². The predicted molar refractivity (Wildman–Crippen MR) is 78.2 cm³/mol. The van der Waals surface area contributed by atoms with E-state index >= 15 is 0 Å². The molecule has 0 fully saturated rings. The molecule has 0 spiro atoms. The molecule has 5 heteroatoms. The minimum atomic E-state index is 0.202. The summed E-state index contributed by atoms with van der Waals surface area (Å²) in [4.78, 5) is 0. The first-order valence-corrected chi connectivity index (χ1v) is 6.73. The van der Waals surface area contributed by atoms with Gasteiger partial charge >= 0.3 is 0 Å². The van der Waals surface area contributed by atoms with E-state index in [1.165, 1.54) is 0 Å². The van der Waals surface area contributed by atoms with Crippen LogP contribution in [0.4, 0.5) is 5.69 Å². The standard InChI is InChI=1S/C14H18ClN3O/c1-3-19-10-11(2)17-13-7-4-6-12(15)14(13)18-9-5-8-16-18/h4-9,11,17H,3,10H2,1-2H3. The smallest absolute Gasteiger partial charge is 0.106 e. The van der Waals surface area contributed by atoms with Gasteiger partial charge in [0.25, 0.3) is 0 Å². The first kappa shape index (κ1) is 13.9. The summed E-state index contributed by atoms with van der Waals surface area (Å²) in [6, 6.07) is 7.84. The number of halogens is 1. The first-order chi connectivity index (χ1) is 9.22. The molecular weight excluding hydrogens is 262 g/mol. The van der Waals surface area contributed by atoms with Gasteiger partial charge in [0.05, 0.1) is 17.3 Å². The molecule has 0 saturated carbocycles. The molecule has 0 aliphatic carbocycles. The molecule has 1 N–H and O–H groups in total. The van der Waals surface area contributed by atoms with E-state index in [-0.39, 0.29) is 6.04 Å². The second-order valence-electron chi connectivity index (χ2n) is 4.29. The maximum Gasteiger partial charge on any atom is 0.106 e. The fourth-order valence-corrected chi connectivity index (χ4v) is 2.13. The summed E-state index contributed by atoms with van der Waals surface area (Å²) in [5.74, 6) is 0. The number of ether oxygens (including phenoxy) is 1. The van der Waals surface area contributed by atoms with Crippen molar-refractivity contribution in [1.82, 2.24) is 9.78 Å². The van der Waals surface area contributed by atoms with Gasteiger partial charge in [-0.2, -0.15) is 5.10 Å². The highest BCUT2D eigenvalue weighted by Gasteiger charge is 2.11. The van der Waals surface area contributed by atoms with Crippen LogP contribution < -0.4 is 5.32 Å². The fourth-order valence-electron chi connectivity index (χ4n) is 1.87. The number of nitrogens with zero attached hydrogens (tertiary/aromatic N) is 2. The Morgan fingerprint density at radius 3 is 2.95 bits per heavy atom. The third kappa shape index (κ3) is 3.49. The van der Waals surface area contributed by atoms with E-state index in [2.05, 4.69) is 17.3 Å². The summed E-state index contributed by atoms with van der Waals surface area (Å²) in [7, 11) is 0. The highest BCUT2D eigenvalue weighted by atomic mass is 35.5. The normalized spacial score (nSPS) is 12.4. The summed E-state index contributed by atoms with van der Waals surface area (Å²) in [6.45, 7) is 5.43. The Hall–Kier alpha value is -1.52. The molecule has 1 aromatic heterocycles. The average molecular weight is 280 g/mol. The zero-order valence-electron chi connectivity index (χ0n) is 11.1. The molecule has 0 bridgehead atoms. The molecule has 0 aliphatic heterocycles. The molecule has 0 aliphatic rings. The van der Waals surface area contributed by atoms with Crippen LogP contribution in [0.15, 0.2) is 36.7 Å². The Morgan fingerprint density at radius 1 is 1.42 bits per heavy atom. The van der Waals surface area contributed by atoms with Crippen LogP contribution in [-0.4, -0.2) is 29.0 Å². The zero-order chi connectivity index (χ0) is 13.7. The summed E-state index contributed by atoms with van der Waals surface area (Å²) in [5, 5.41) is 8.31. The van der Waals surface area contributed by atoms with Gasteiger partial charge in [-0.3, -0.25) is 0 Å². The number of rotatable bonds is 6. The van der Waals surface area contributed by atoms with Crippen LogP contribution >= 0.6 is 11.6 Å². The second kappa shape index (κ2) is 6.59. The van der Waals surface area contributed by atoms with Crippen molar-refractivity contribution in [2.24, 2.45) is 0 Å². The summed E-state index contributed by atoms with van der Waals surface area (Å²) >= 11 is 6.28. The Balaban J connectivity index is 2.23. The average Bonchev–Trinajstić information content (AvgIpc) is 2.90. The van der Waals surface area contributed by atoms with Crippen molar-refractivity contribution < 1.29 is 4.74 Å². The highest BCUT2D eigenvalue weighted by Crippen LogP contribution is 2.28. The predicted octanol–water partition coefficient (Wildman–Crippen LogP) is 3.36. The van der Waals surface area contributed by atoms with Crippen molar-refractivity contribution in [2.75, 3.05) is 18.5 Å². The Kier molecular flexibility index (Phi) is 4.82. The third-order valence-electron chi connectivity index (χ3n) is 2.69. The molecule has 1 heterocycles. The zero-order valence-corrected chi connectivity index (χ0v) is 11.9. The van der Waals surface area contributed by atoms with E-state index in [1.54, 1.807) is 10.9 Å². The number of hydrogen-bond acceptors (Lipinski definition) is 3. The monoisotopic (exact) mass is 279 g/mol. The van der Waals surface area contributed by atoms with Gasteiger partial charge in [0.2, 0.25) is 0 Å². The molecule has 0 saturated heterocycles. The lowest BCUT2D eigenvalue weighted by atomic mass is 10.2. The van der Waals surface area contributed by atoms with E-state index in [0.29, 0.717) is 18.2 Å². The van der Waals surface area contributed by atoms with E-state index in [9.17, 15) is 0 Å². The number of para-hydroxylation sites is 1. The highest BCUT2D eigenvalue weighted by molar-refractivity contribution is 6.33. The summed E-state index contributed by atoms with van der Waals surface area (Å²) < 4.78 is 7.17. The van der Waals surface area contributed by atoms with Gasteiger partial charge < -0.3 is 10.1 Å². The van der Waals surface area contributed by atoms with Crippen LogP contribution in [-0.2, 0) is 4.74 Å². The van der Waals surface area contributed by atoms with Gasteiger partial charge in [-0.25, -0.2) is 4.68 Å². The first-order valence-electron chi connectivity index (χ1n) is 6.35. The topological polar surface area (TPSA) is 39.1 Å². The van der Waals surface area contributed by atoms with Crippen molar-refractivity contribution >= 4 is 17.3 Å². The largest absolute Gasteiger partial charge is 0.380 e. The number of aromatic nitrogens is 2. The van der Waals surface area contributed by atoms with E-state index < -0.39 is 0 Å². The molecular formula is C14H18ClN3O. The molecule has 0 amide bonds. The van der Waals surface area contributed by atoms with Crippen LogP contribution in [0.3, 0.4) is 0 Å². The molecule has 1 aromatic carbocycles. The SMILES string of the molecule is CCOCC(C)Nc1cccc(Cl)c1-n1cccn1. The van der Waals surface area contributed by atoms with Gasteiger partial charge in [0, 0.05) is 25.0 Å². The van der Waals surface area contributed by atoms with Crippen molar-refractivity contribution in [3.8, 4) is 5.69 Å². The minimum Gasteiger partial charge on any atom is -0.380 e. The Labute approximate surface area is 118 Å². The number of nitrogens with one attached hydrogen (secondary N) is 1. The molecule has 2 aromatic rings. The number of benzene rings is 1. The van der Waals surface area contributed by atoms with Crippen LogP contribution in [0.1, 0.15) is 13.8 Å². The van der Waals surface area contributed by atoms with Crippen LogP contribution in [0, 0.1) is 0 Å². The second-order valence-corrected chi connectivity index (χ2v) is 4.70. The van der Waals surface area contributed by atoms with E-state index in [0.717, 1.165) is 11.4 Å². The summed E-state index contributed by atoms with van der Waals surface area (Å²) in [6.07, 6.45) is 3.61. The third-order valence-corrected chi connectivity index (χ3v) is 3.00. The van der Waals surface area contributed by atoms with Crippen LogP contribution in [0.25, 0.3) is 5.69 Å². The van der Waals surface area contributed by atoms with Crippen molar-refractivity contribution in [3.05, 3.63) is 41.7 Å². The van der Waals surface area contributed by atoms with Gasteiger partial charge in [0.1, 0.15) is 5.69 Å². The lowest BCUT2D eigenvalue weighted by Gasteiger charge is -2.18. The van der Waals surface area contributed by atoms with Gasteiger partial charge in [-0.05, 0) is 32.0 Å². The summed E-state index contributed by atoms with van der Waals surface area (Å²) in [5.41, 5.74) is 1.81. The lowest BCUT2D eigenvalue weighted by Crippen LogP contribution is -2.22. The fraction of sp³-hybridized carbons (Fsp3) is 0.357. The minimum absolute atomic E-state index is 0.202. The van der Waals surface area contributed by atoms with E-state index in [1.807, 2.05) is 37.4 Å². The molecule has 2 rings (SSSR count). The maximum atomic E-state index is 6.28. The van der Waals surface area contributed by atoms with Crippen LogP contribution in [0.2, 0.25) is 5.02 Å². The van der Waals surface area contributed by atoms with Gasteiger partial charge in [0.15, 0.2) is 0 Å². The molecule has 1 unspecified atom stereocenters. The molecule has 0 radical (unpaired) electrons. The van der Waals surface area contributed by atoms with Crippen molar-refractivity contribution in [3.63, 3.8) is 0 Å². The molecule has 4 nitrogen and oxygen atoms in total. The number of anilines is 1. The van der Waals surface area contributed by atoms with Gasteiger partial charge in [-0.1, -0.05) is 17.7 Å². The quantitative estimate of drug-likeness (QED) is 0.881. The number of hydrogen-bond donors (Lipinski definition) is 1. The Morgan fingerprint density at radius 2 is 2.26 bits per heavy atom. The van der Waals surface area contributed by atoms with Gasteiger partial charge in [-0.15, -0.1) is 0 Å². The molecule has 1 atom stereocenters. The molecule has 102 valence electrons. The van der Waals surface area contributed by atoms with E-state index in [4.69, 9.17) is 16.3 Å². The van der Waals surface area contributed by atoms with Crippen LogP contribution in [0.5, 0.6) is 0 Å². The molecule has 19 heavy (non-hydrogen) atoms. The van der Waals surface area contributed by atoms with Crippen molar-refractivity contribution in [2.45, 2.75) is 19.9 Å². The Bertz CT molecular complexity index is 513.